The van der Waals surface area contributed by atoms with Crippen molar-refractivity contribution in [2.45, 2.75) is 12.5 Å². The number of carboxylic acid groups (broad SMARTS) is 1. The van der Waals surface area contributed by atoms with Gasteiger partial charge in [0.05, 0.1) is 0 Å². The minimum atomic E-state index is -1.14. The predicted octanol–water partition coefficient (Wildman–Crippen LogP) is -0.605. The lowest BCUT2D eigenvalue weighted by molar-refractivity contribution is -0.138. The number of carboxylic acids is 1. The molecule has 0 spiro atoms. The molecule has 0 rings (SSSR count). The normalized spacial score (nSPS) is 13.2. The molecule has 2 radical (unpaired) electrons. The second-order valence-corrected chi connectivity index (χ2v) is 1.43. The van der Waals surface area contributed by atoms with Gasteiger partial charge in [0, 0.05) is 6.54 Å². The lowest BCUT2D eigenvalue weighted by Crippen LogP contribution is -2.22. The summed E-state index contributed by atoms with van der Waals surface area (Å²) in [6.07, 6.45) is 0.120. The Morgan fingerprint density at radius 3 is 2.38 bits per heavy atom. The second kappa shape index (κ2) is 3.40. The third-order valence-corrected chi connectivity index (χ3v) is 0.731. The summed E-state index contributed by atoms with van der Waals surface area (Å²) in [7, 11) is 0. The van der Waals surface area contributed by atoms with Gasteiger partial charge in [0.2, 0.25) is 0 Å². The highest BCUT2D eigenvalue weighted by Gasteiger charge is 2.09. The number of hydrogen-bond acceptors (Lipinski definition) is 1. The van der Waals surface area contributed by atoms with Gasteiger partial charge >= 0.3 is 5.97 Å². The standard InChI is InChI=1S/C4H8N2O2/c5-2-1-3(6)4(7)8/h3,5-6H,1-2H2,(H,7,8). The maximum atomic E-state index is 9.82. The largest absolute Gasteiger partial charge is 0.480 e. The second-order valence-electron chi connectivity index (χ2n) is 1.43. The van der Waals surface area contributed by atoms with E-state index in [1.54, 1.807) is 0 Å². The van der Waals surface area contributed by atoms with Crippen LogP contribution in [-0.4, -0.2) is 23.7 Å². The van der Waals surface area contributed by atoms with E-state index in [4.69, 9.17) is 16.6 Å². The van der Waals surface area contributed by atoms with Crippen LogP contribution in [0.2, 0.25) is 0 Å². The maximum Gasteiger partial charge on any atom is 0.322 e. The number of hydrogen-bond donors (Lipinski definition) is 1. The fourth-order valence-corrected chi connectivity index (χ4v) is 0.268. The number of rotatable bonds is 3. The van der Waals surface area contributed by atoms with Crippen molar-refractivity contribution in [1.29, 1.82) is 0 Å². The lowest BCUT2D eigenvalue weighted by Gasteiger charge is -1.98. The van der Waals surface area contributed by atoms with Crippen molar-refractivity contribution >= 4 is 5.97 Å². The SMILES string of the molecule is [NH]CCC([NH])C(=O)O. The molecule has 0 saturated carbocycles. The van der Waals surface area contributed by atoms with E-state index in [1.807, 2.05) is 0 Å². The zero-order chi connectivity index (χ0) is 6.57. The lowest BCUT2D eigenvalue weighted by atomic mass is 10.2. The smallest absolute Gasteiger partial charge is 0.322 e. The van der Waals surface area contributed by atoms with Crippen LogP contribution in [0, 0.1) is 0 Å². The molecule has 3 N–H and O–H groups in total. The highest BCUT2D eigenvalue weighted by Crippen LogP contribution is 1.85. The minimum Gasteiger partial charge on any atom is -0.480 e. The van der Waals surface area contributed by atoms with Gasteiger partial charge < -0.3 is 5.11 Å². The van der Waals surface area contributed by atoms with Gasteiger partial charge in [0.25, 0.3) is 0 Å². The average molecular weight is 116 g/mol. The Balaban J connectivity index is 3.32. The van der Waals surface area contributed by atoms with Gasteiger partial charge in [-0.15, -0.1) is 0 Å². The van der Waals surface area contributed by atoms with Gasteiger partial charge in [-0.3, -0.25) is 10.5 Å². The van der Waals surface area contributed by atoms with Gasteiger partial charge in [-0.05, 0) is 6.42 Å². The molecule has 1 unspecified atom stereocenters. The molecule has 4 nitrogen and oxygen atoms in total. The Kier molecular flexibility index (Phi) is 3.14. The predicted molar refractivity (Wildman–Crippen MR) is 27.1 cm³/mol. The average Bonchev–Trinajstić information content (AvgIpc) is 1.67. The Labute approximate surface area is 47.5 Å². The van der Waals surface area contributed by atoms with Crippen molar-refractivity contribution in [3.8, 4) is 0 Å². The molecular formula is C4H8N2O2. The van der Waals surface area contributed by atoms with Crippen molar-refractivity contribution in [1.82, 2.24) is 11.5 Å². The van der Waals surface area contributed by atoms with E-state index < -0.39 is 12.0 Å². The highest BCUT2D eigenvalue weighted by atomic mass is 16.4. The monoisotopic (exact) mass is 116 g/mol. The van der Waals surface area contributed by atoms with E-state index in [0.717, 1.165) is 0 Å². The van der Waals surface area contributed by atoms with Crippen LogP contribution < -0.4 is 11.5 Å². The first-order valence-electron chi connectivity index (χ1n) is 2.27. The fourth-order valence-electron chi connectivity index (χ4n) is 0.268. The Morgan fingerprint density at radius 2 is 2.25 bits per heavy atom. The van der Waals surface area contributed by atoms with Crippen LogP contribution in [0.5, 0.6) is 0 Å². The molecule has 0 heterocycles. The van der Waals surface area contributed by atoms with Crippen LogP contribution in [0.1, 0.15) is 6.42 Å². The van der Waals surface area contributed by atoms with Gasteiger partial charge in [0.15, 0.2) is 0 Å². The van der Waals surface area contributed by atoms with Crippen LogP contribution in [0.25, 0.3) is 0 Å². The van der Waals surface area contributed by atoms with Crippen molar-refractivity contribution in [3.05, 3.63) is 0 Å². The first kappa shape index (κ1) is 7.39. The highest BCUT2D eigenvalue weighted by molar-refractivity contribution is 5.72. The van der Waals surface area contributed by atoms with Crippen LogP contribution in [0.3, 0.4) is 0 Å². The molecule has 0 aromatic heterocycles. The minimum absolute atomic E-state index is 0.0144. The Hall–Kier alpha value is -0.610. The van der Waals surface area contributed by atoms with Crippen LogP contribution >= 0.6 is 0 Å². The van der Waals surface area contributed by atoms with Crippen molar-refractivity contribution in [2.75, 3.05) is 6.54 Å². The molecule has 8 heavy (non-hydrogen) atoms. The maximum absolute atomic E-state index is 9.82. The molecule has 0 amide bonds. The number of carbonyl (C=O) groups is 1. The summed E-state index contributed by atoms with van der Waals surface area (Å²) >= 11 is 0. The summed E-state index contributed by atoms with van der Waals surface area (Å²) in [6, 6.07) is -1.10. The topological polar surface area (TPSA) is 84.9 Å². The van der Waals surface area contributed by atoms with Crippen molar-refractivity contribution in [3.63, 3.8) is 0 Å². The molecule has 0 aromatic carbocycles. The van der Waals surface area contributed by atoms with E-state index in [9.17, 15) is 4.79 Å². The molecule has 0 fully saturated rings. The van der Waals surface area contributed by atoms with Crippen LogP contribution in [-0.2, 0) is 4.79 Å². The third kappa shape index (κ3) is 2.54. The summed E-state index contributed by atoms with van der Waals surface area (Å²) in [6.45, 7) is 0.0144. The van der Waals surface area contributed by atoms with Crippen LogP contribution in [0.15, 0.2) is 0 Å². The van der Waals surface area contributed by atoms with E-state index in [-0.39, 0.29) is 13.0 Å². The van der Waals surface area contributed by atoms with E-state index >= 15 is 0 Å². The van der Waals surface area contributed by atoms with Crippen LogP contribution in [0.4, 0.5) is 0 Å². The summed E-state index contributed by atoms with van der Waals surface area (Å²) in [5.74, 6) is -1.14. The molecule has 46 valence electrons. The molecule has 0 aliphatic carbocycles. The Morgan fingerprint density at radius 1 is 1.75 bits per heavy atom. The zero-order valence-corrected chi connectivity index (χ0v) is 4.35. The molecule has 0 bridgehead atoms. The fraction of sp³-hybridized carbons (Fsp3) is 0.750. The first-order chi connectivity index (χ1) is 3.68. The molecule has 0 aliphatic heterocycles. The summed E-state index contributed by atoms with van der Waals surface area (Å²) in [5.41, 5.74) is 13.3. The van der Waals surface area contributed by atoms with Crippen molar-refractivity contribution in [2.24, 2.45) is 0 Å². The first-order valence-corrected chi connectivity index (χ1v) is 2.27. The Bertz CT molecular complexity index is 84.1. The quantitative estimate of drug-likeness (QED) is 0.533. The van der Waals surface area contributed by atoms with E-state index in [1.165, 1.54) is 0 Å². The number of aliphatic carboxylic acids is 1. The van der Waals surface area contributed by atoms with E-state index in [2.05, 4.69) is 0 Å². The summed E-state index contributed by atoms with van der Waals surface area (Å²) < 4.78 is 0. The number of nitrogens with one attached hydrogen (secondary N) is 2. The van der Waals surface area contributed by atoms with Crippen molar-refractivity contribution < 1.29 is 9.90 Å². The molecule has 1 atom stereocenters. The molecule has 0 aromatic rings. The summed E-state index contributed by atoms with van der Waals surface area (Å²) in [4.78, 5) is 9.82. The molecular weight excluding hydrogens is 108 g/mol. The van der Waals surface area contributed by atoms with Gasteiger partial charge in [-0.25, -0.2) is 5.73 Å². The molecule has 4 heteroatoms. The van der Waals surface area contributed by atoms with Gasteiger partial charge in [-0.2, -0.15) is 0 Å². The summed E-state index contributed by atoms with van der Waals surface area (Å²) in [5, 5.41) is 8.04. The van der Waals surface area contributed by atoms with Gasteiger partial charge in [-0.1, -0.05) is 0 Å². The van der Waals surface area contributed by atoms with Gasteiger partial charge in [0.1, 0.15) is 6.04 Å². The molecule has 0 saturated heterocycles. The third-order valence-electron chi connectivity index (χ3n) is 0.731. The molecule has 0 aliphatic rings. The van der Waals surface area contributed by atoms with E-state index in [0.29, 0.717) is 0 Å². The zero-order valence-electron chi connectivity index (χ0n) is 4.35.